The maximum Gasteiger partial charge on any atom is 0.407 e. The lowest BCUT2D eigenvalue weighted by molar-refractivity contribution is -0.146. The highest BCUT2D eigenvalue weighted by Crippen LogP contribution is 2.36. The van der Waals surface area contributed by atoms with E-state index >= 15 is 0 Å². The Labute approximate surface area is 326 Å². The number of nitrogens with two attached hydrogens (primary N) is 1. The van der Waals surface area contributed by atoms with Gasteiger partial charge in [0.05, 0.1) is 24.4 Å². The van der Waals surface area contributed by atoms with Crippen LogP contribution in [0.15, 0.2) is 42.6 Å². The minimum Gasteiger partial charge on any atom is -0.453 e. The molecule has 5 amide bonds. The molecule has 2 aliphatic rings. The molecule has 0 unspecified atom stereocenters. The summed E-state index contributed by atoms with van der Waals surface area (Å²) in [6.45, 7) is 11.2. The number of ether oxygens (including phenoxy) is 2. The number of amides is 5. The number of aryl methyl sites for hydroxylation is 1. The first-order chi connectivity index (χ1) is 26.8. The number of likely N-dealkylation sites (tertiary alicyclic amines) is 2. The number of primary amides is 1. The Kier molecular flexibility index (Phi) is 12.2. The third-order valence-electron chi connectivity index (χ3n) is 10.9. The lowest BCUT2D eigenvalue weighted by atomic mass is 10.0. The lowest BCUT2D eigenvalue weighted by Crippen LogP contribution is -2.51. The van der Waals surface area contributed by atoms with Crippen LogP contribution in [0, 0.1) is 11.8 Å². The Bertz CT molecular complexity index is 2110. The van der Waals surface area contributed by atoms with Crippen molar-refractivity contribution in [1.82, 2.24) is 29.7 Å². The van der Waals surface area contributed by atoms with Gasteiger partial charge in [-0.3, -0.25) is 14.4 Å². The molecule has 0 aliphatic carbocycles. The van der Waals surface area contributed by atoms with Gasteiger partial charge in [-0.05, 0) is 62.1 Å². The molecular formula is C41H54N8O7. The van der Waals surface area contributed by atoms with Crippen LogP contribution in [0.25, 0.3) is 33.1 Å². The second-order valence-corrected chi connectivity index (χ2v) is 15.5. The fourth-order valence-electron chi connectivity index (χ4n) is 8.03. The van der Waals surface area contributed by atoms with Gasteiger partial charge in [0.2, 0.25) is 11.8 Å². The maximum absolute atomic E-state index is 13.7. The van der Waals surface area contributed by atoms with E-state index in [1.807, 2.05) is 44.3 Å². The molecule has 0 radical (unpaired) electrons. The number of aromatic amines is 1. The molecule has 6 rings (SSSR count). The fourth-order valence-corrected chi connectivity index (χ4v) is 8.03. The summed E-state index contributed by atoms with van der Waals surface area (Å²) < 4.78 is 12.2. The van der Waals surface area contributed by atoms with E-state index < -0.39 is 36.3 Å². The van der Waals surface area contributed by atoms with Gasteiger partial charge in [0.1, 0.15) is 17.9 Å². The number of unbranched alkanes of at least 4 members (excludes halogenated alkanes) is 1. The number of nitrogens with zero attached hydrogens (tertiary/aromatic N) is 4. The molecule has 4 heterocycles. The summed E-state index contributed by atoms with van der Waals surface area (Å²) in [6.07, 6.45) is 3.80. The first-order valence-corrected chi connectivity index (χ1v) is 19.7. The van der Waals surface area contributed by atoms with Crippen LogP contribution in [0.5, 0.6) is 0 Å². The smallest absolute Gasteiger partial charge is 0.407 e. The summed E-state index contributed by atoms with van der Waals surface area (Å²) in [5.74, 6) is -0.625. The molecule has 300 valence electrons. The Balaban J connectivity index is 1.26. The molecule has 5 N–H and O–H groups in total. The molecule has 4 atom stereocenters. The summed E-state index contributed by atoms with van der Waals surface area (Å²) in [5, 5.41) is 7.87. The molecule has 15 nitrogen and oxygen atoms in total. The number of anilines is 1. The van der Waals surface area contributed by atoms with Gasteiger partial charge in [-0.15, -0.1) is 0 Å². The number of hydrogen-bond donors (Lipinski definition) is 4. The van der Waals surface area contributed by atoms with E-state index in [-0.39, 0.29) is 29.7 Å². The van der Waals surface area contributed by atoms with Crippen molar-refractivity contribution in [2.45, 2.75) is 104 Å². The summed E-state index contributed by atoms with van der Waals surface area (Å²) in [6, 6.07) is 10.5. The van der Waals surface area contributed by atoms with Crippen molar-refractivity contribution in [2.24, 2.45) is 17.6 Å². The second kappa shape index (κ2) is 17.0. The number of H-pyrrole nitrogens is 1. The highest BCUT2D eigenvalue weighted by Gasteiger charge is 2.40. The van der Waals surface area contributed by atoms with Gasteiger partial charge >= 0.3 is 12.2 Å². The van der Waals surface area contributed by atoms with Crippen molar-refractivity contribution in [1.29, 1.82) is 0 Å². The summed E-state index contributed by atoms with van der Waals surface area (Å²) in [7, 11) is 1.28. The highest BCUT2D eigenvalue weighted by molar-refractivity contribution is 6.10. The predicted molar refractivity (Wildman–Crippen MR) is 212 cm³/mol. The number of aromatic nitrogens is 3. The zero-order chi connectivity index (χ0) is 40.3. The number of nitrogens with one attached hydrogen (secondary N) is 3. The summed E-state index contributed by atoms with van der Waals surface area (Å²) >= 11 is 0. The average Bonchev–Trinajstić information content (AvgIpc) is 4.00. The van der Waals surface area contributed by atoms with Gasteiger partial charge in [0, 0.05) is 53.4 Å². The molecule has 0 saturated carbocycles. The number of methoxy groups -OCH3 is 1. The molecule has 0 bridgehead atoms. The van der Waals surface area contributed by atoms with Gasteiger partial charge in [-0.2, -0.15) is 0 Å². The number of benzene rings is 2. The predicted octanol–water partition coefficient (Wildman–Crippen LogP) is 6.08. The Morgan fingerprint density at radius 2 is 1.62 bits per heavy atom. The van der Waals surface area contributed by atoms with E-state index in [0.717, 1.165) is 65.3 Å². The lowest BCUT2D eigenvalue weighted by Gasteiger charge is -2.29. The summed E-state index contributed by atoms with van der Waals surface area (Å²) in [4.78, 5) is 75.9. The largest absolute Gasteiger partial charge is 0.453 e. The molecular weight excluding hydrogens is 716 g/mol. The van der Waals surface area contributed by atoms with Gasteiger partial charge in [-0.1, -0.05) is 59.2 Å². The van der Waals surface area contributed by atoms with Gasteiger partial charge in [0.15, 0.2) is 6.10 Å². The number of carbonyl (C=O) groups is 5. The maximum atomic E-state index is 13.7. The van der Waals surface area contributed by atoms with E-state index in [1.165, 1.54) is 12.0 Å². The van der Waals surface area contributed by atoms with Gasteiger partial charge < -0.3 is 45.2 Å². The zero-order valence-electron chi connectivity index (χ0n) is 33.1. The molecule has 0 spiro atoms. The van der Waals surface area contributed by atoms with Crippen LogP contribution in [0.3, 0.4) is 0 Å². The van der Waals surface area contributed by atoms with E-state index in [4.69, 9.17) is 20.2 Å². The van der Waals surface area contributed by atoms with E-state index in [1.54, 1.807) is 18.7 Å². The number of fused-ring (bicyclic) bond motifs is 3. The van der Waals surface area contributed by atoms with E-state index in [2.05, 4.69) is 39.2 Å². The van der Waals surface area contributed by atoms with Crippen LogP contribution >= 0.6 is 0 Å². The van der Waals surface area contributed by atoms with Gasteiger partial charge in [-0.25, -0.2) is 14.6 Å². The Hall–Kier alpha value is -5.60. The number of alkyl carbamates (subject to hydrolysis) is 1. The number of carbonyl (C=O) groups excluding carboxylic acids is 5. The van der Waals surface area contributed by atoms with Crippen LogP contribution in [0.1, 0.15) is 85.0 Å². The zero-order valence-corrected chi connectivity index (χ0v) is 33.1. The second-order valence-electron chi connectivity index (χ2n) is 15.5. The normalized spacial score (nSPS) is 18.1. The number of hydrogen-bond acceptors (Lipinski definition) is 8. The van der Waals surface area contributed by atoms with Crippen molar-refractivity contribution >= 4 is 57.4 Å². The van der Waals surface area contributed by atoms with Crippen LogP contribution in [-0.4, -0.2) is 92.6 Å². The van der Waals surface area contributed by atoms with Crippen molar-refractivity contribution < 1.29 is 33.4 Å². The molecule has 2 aromatic heterocycles. The van der Waals surface area contributed by atoms with Crippen molar-refractivity contribution in [3.63, 3.8) is 0 Å². The third kappa shape index (κ3) is 8.17. The monoisotopic (exact) mass is 770 g/mol. The van der Waals surface area contributed by atoms with Crippen molar-refractivity contribution in [2.75, 3.05) is 25.5 Å². The molecule has 2 saturated heterocycles. The van der Waals surface area contributed by atoms with Crippen molar-refractivity contribution in [3.8, 4) is 11.3 Å². The minimum absolute atomic E-state index is 0.129. The Morgan fingerprint density at radius 1 is 0.929 bits per heavy atom. The SMILES string of the molecule is CCCCn1c2cc(NC(=O)[C@@H]3CCCN3C(=O)[C@@H](OC(N)=O)C(C)C)ccc2c2ccc(-c3c[nH]c([C@@H]4CCCN4C(=O)[C@@H](NC(=O)OC)C(C)C)n3)cc21. The fraction of sp³-hybridized carbons (Fsp3) is 0.512. The highest BCUT2D eigenvalue weighted by atomic mass is 16.6. The summed E-state index contributed by atoms with van der Waals surface area (Å²) in [5.41, 5.74) is 9.54. The van der Waals surface area contributed by atoms with Crippen molar-refractivity contribution in [3.05, 3.63) is 48.4 Å². The quantitative estimate of drug-likeness (QED) is 0.126. The molecule has 15 heteroatoms. The molecule has 56 heavy (non-hydrogen) atoms. The molecule has 4 aromatic rings. The van der Waals surface area contributed by atoms with Crippen LogP contribution in [0.4, 0.5) is 15.3 Å². The first kappa shape index (κ1) is 40.1. The number of rotatable bonds is 13. The molecule has 2 aromatic carbocycles. The topological polar surface area (TPSA) is 194 Å². The first-order valence-electron chi connectivity index (χ1n) is 19.7. The van der Waals surface area contributed by atoms with E-state index in [0.29, 0.717) is 37.4 Å². The van der Waals surface area contributed by atoms with Gasteiger partial charge in [0.25, 0.3) is 5.91 Å². The standard InChI is InChI=1S/C41H54N8O7/c1-7-8-17-47-32-20-25(29-22-43-36(45-29)30-11-9-18-48(30)38(51)34(23(2)3)46-41(54)55-6)13-15-27(32)28-16-14-26(21-33(28)47)44-37(50)31-12-10-19-49(31)39(52)35(24(4)5)56-40(42)53/h13-16,20-24,30-31,34-35H,7-12,17-19H2,1-6H3,(H2,42,53)(H,43,45)(H,44,50)(H,46,54)/t30-,31-,34-,35-/m0/s1. The number of imidazole rings is 1. The third-order valence-corrected chi connectivity index (χ3v) is 10.9. The van der Waals surface area contributed by atoms with Crippen LogP contribution < -0.4 is 16.4 Å². The Morgan fingerprint density at radius 3 is 2.30 bits per heavy atom. The van der Waals surface area contributed by atoms with E-state index in [9.17, 15) is 24.0 Å². The molecule has 2 aliphatic heterocycles. The minimum atomic E-state index is -1.06. The molecule has 2 fully saturated rings. The average molecular weight is 771 g/mol. The van der Waals surface area contributed by atoms with Crippen LogP contribution in [-0.2, 0) is 30.4 Å². The van der Waals surface area contributed by atoms with Crippen LogP contribution in [0.2, 0.25) is 0 Å².